The molecule has 2 nitrogen and oxygen atoms in total. The number of halogens is 1. The fourth-order valence-electron chi connectivity index (χ4n) is 2.20. The highest BCUT2D eigenvalue weighted by Crippen LogP contribution is 2.33. The first-order valence-electron chi connectivity index (χ1n) is 6.52. The van der Waals surface area contributed by atoms with E-state index in [1.54, 1.807) is 7.11 Å². The molecule has 2 rings (SSSR count). The molecule has 1 aliphatic rings. The fraction of sp³-hybridized carbons (Fsp3) is 0.375. The molecule has 0 bridgehead atoms. The Morgan fingerprint density at radius 2 is 2.21 bits per heavy atom. The number of ether oxygens (including phenoxy) is 2. The van der Waals surface area contributed by atoms with Crippen LogP contribution < -0.4 is 0 Å². The van der Waals surface area contributed by atoms with Crippen LogP contribution in [0.4, 0.5) is 0 Å². The van der Waals surface area contributed by atoms with Crippen LogP contribution in [0.2, 0.25) is 5.02 Å². The van der Waals surface area contributed by atoms with Gasteiger partial charge < -0.3 is 9.47 Å². The summed E-state index contributed by atoms with van der Waals surface area (Å²) in [7, 11) is 1.67. The van der Waals surface area contributed by atoms with E-state index in [0.717, 1.165) is 23.4 Å². The third kappa shape index (κ3) is 3.47. The van der Waals surface area contributed by atoms with E-state index >= 15 is 0 Å². The van der Waals surface area contributed by atoms with Crippen LogP contribution in [-0.2, 0) is 9.47 Å². The molecule has 19 heavy (non-hydrogen) atoms. The maximum Gasteiger partial charge on any atom is 0.191 e. The van der Waals surface area contributed by atoms with E-state index in [-0.39, 0.29) is 6.10 Å². The van der Waals surface area contributed by atoms with Crippen molar-refractivity contribution in [3.8, 4) is 0 Å². The summed E-state index contributed by atoms with van der Waals surface area (Å²) in [5.41, 5.74) is 1.08. The minimum Gasteiger partial charge on any atom is -0.349 e. The van der Waals surface area contributed by atoms with Crippen molar-refractivity contribution in [1.29, 1.82) is 0 Å². The van der Waals surface area contributed by atoms with E-state index in [9.17, 15) is 0 Å². The van der Waals surface area contributed by atoms with Crippen molar-refractivity contribution >= 4 is 11.6 Å². The Morgan fingerprint density at radius 1 is 1.37 bits per heavy atom. The first-order valence-corrected chi connectivity index (χ1v) is 6.90. The zero-order valence-corrected chi connectivity index (χ0v) is 12.1. The zero-order valence-electron chi connectivity index (χ0n) is 11.3. The molecule has 0 aliphatic heterocycles. The lowest BCUT2D eigenvalue weighted by atomic mass is 10.0. The SMILES string of the molecule is CCC(OC1(OC)C=CC=CC1)c1cccc(Cl)c1. The zero-order chi connectivity index (χ0) is 13.7. The normalized spacial score (nSPS) is 23.5. The molecular formula is C16H19ClO2. The second-order valence-electron chi connectivity index (χ2n) is 4.58. The molecule has 0 saturated heterocycles. The third-order valence-electron chi connectivity index (χ3n) is 3.28. The molecule has 2 atom stereocenters. The number of methoxy groups -OCH3 is 1. The molecule has 0 saturated carbocycles. The Hall–Kier alpha value is -1.09. The highest BCUT2D eigenvalue weighted by atomic mass is 35.5. The minimum absolute atomic E-state index is 0.0326. The van der Waals surface area contributed by atoms with Crippen LogP contribution in [0, 0.1) is 0 Å². The predicted molar refractivity (Wildman–Crippen MR) is 78.2 cm³/mol. The van der Waals surface area contributed by atoms with Crippen LogP contribution in [0.15, 0.2) is 48.6 Å². The van der Waals surface area contributed by atoms with Gasteiger partial charge in [-0.05, 0) is 30.2 Å². The van der Waals surface area contributed by atoms with Gasteiger partial charge in [-0.15, -0.1) is 0 Å². The molecule has 0 heterocycles. The molecule has 3 heteroatoms. The third-order valence-corrected chi connectivity index (χ3v) is 3.51. The van der Waals surface area contributed by atoms with Crippen LogP contribution in [-0.4, -0.2) is 12.9 Å². The number of rotatable bonds is 5. The summed E-state index contributed by atoms with van der Waals surface area (Å²) < 4.78 is 11.8. The van der Waals surface area contributed by atoms with E-state index in [4.69, 9.17) is 21.1 Å². The summed E-state index contributed by atoms with van der Waals surface area (Å²) in [4.78, 5) is 0. The van der Waals surface area contributed by atoms with E-state index in [2.05, 4.69) is 6.92 Å². The van der Waals surface area contributed by atoms with E-state index in [1.165, 1.54) is 0 Å². The van der Waals surface area contributed by atoms with Crippen LogP contribution in [0.5, 0.6) is 0 Å². The standard InChI is InChI=1S/C16H19ClO2/c1-3-15(13-8-7-9-14(17)12-13)19-16(18-2)10-5-4-6-11-16/h4-10,12,15H,3,11H2,1-2H3. The fourth-order valence-corrected chi connectivity index (χ4v) is 2.40. The van der Waals surface area contributed by atoms with Gasteiger partial charge >= 0.3 is 0 Å². The van der Waals surface area contributed by atoms with Gasteiger partial charge in [-0.3, -0.25) is 0 Å². The average Bonchev–Trinajstić information content (AvgIpc) is 2.46. The quantitative estimate of drug-likeness (QED) is 0.729. The summed E-state index contributed by atoms with van der Waals surface area (Å²) in [6.45, 7) is 2.09. The van der Waals surface area contributed by atoms with Gasteiger partial charge in [-0.2, -0.15) is 0 Å². The second-order valence-corrected chi connectivity index (χ2v) is 5.01. The summed E-state index contributed by atoms with van der Waals surface area (Å²) >= 11 is 6.05. The number of hydrogen-bond acceptors (Lipinski definition) is 2. The van der Waals surface area contributed by atoms with Crippen molar-refractivity contribution in [3.05, 3.63) is 59.2 Å². The van der Waals surface area contributed by atoms with Crippen molar-refractivity contribution in [2.75, 3.05) is 7.11 Å². The molecule has 0 aromatic heterocycles. The Morgan fingerprint density at radius 3 is 2.79 bits per heavy atom. The van der Waals surface area contributed by atoms with Crippen molar-refractivity contribution in [1.82, 2.24) is 0 Å². The van der Waals surface area contributed by atoms with Crippen molar-refractivity contribution in [2.45, 2.75) is 31.7 Å². The Labute approximate surface area is 119 Å². The first-order chi connectivity index (χ1) is 9.19. The van der Waals surface area contributed by atoms with Gasteiger partial charge in [-0.1, -0.05) is 48.9 Å². The van der Waals surface area contributed by atoms with Gasteiger partial charge in [0.2, 0.25) is 0 Å². The Bertz CT molecular complexity index is 481. The molecule has 0 spiro atoms. The van der Waals surface area contributed by atoms with Crippen LogP contribution in [0.25, 0.3) is 0 Å². The maximum atomic E-state index is 6.20. The lowest BCUT2D eigenvalue weighted by molar-refractivity contribution is -0.215. The van der Waals surface area contributed by atoms with Crippen LogP contribution in [0.1, 0.15) is 31.4 Å². The summed E-state index contributed by atoms with van der Waals surface area (Å²) in [5, 5.41) is 0.727. The molecule has 1 aromatic rings. The van der Waals surface area contributed by atoms with Gasteiger partial charge in [-0.25, -0.2) is 0 Å². The molecule has 0 amide bonds. The minimum atomic E-state index is -0.669. The summed E-state index contributed by atoms with van der Waals surface area (Å²) in [5.74, 6) is -0.669. The summed E-state index contributed by atoms with van der Waals surface area (Å²) in [6.07, 6.45) is 9.52. The molecule has 102 valence electrons. The first kappa shape index (κ1) is 14.3. The molecule has 0 fully saturated rings. The average molecular weight is 279 g/mol. The van der Waals surface area contributed by atoms with Crippen molar-refractivity contribution < 1.29 is 9.47 Å². The van der Waals surface area contributed by atoms with Crippen LogP contribution >= 0.6 is 11.6 Å². The van der Waals surface area contributed by atoms with Crippen molar-refractivity contribution in [2.24, 2.45) is 0 Å². The number of benzene rings is 1. The maximum absolute atomic E-state index is 6.20. The van der Waals surface area contributed by atoms with Gasteiger partial charge in [0, 0.05) is 18.6 Å². The van der Waals surface area contributed by atoms with E-state index in [0.29, 0.717) is 0 Å². The highest BCUT2D eigenvalue weighted by Gasteiger charge is 2.31. The topological polar surface area (TPSA) is 18.5 Å². The van der Waals surface area contributed by atoms with Gasteiger partial charge in [0.25, 0.3) is 0 Å². The van der Waals surface area contributed by atoms with E-state index in [1.807, 2.05) is 48.6 Å². The monoisotopic (exact) mass is 278 g/mol. The lowest BCUT2D eigenvalue weighted by Gasteiger charge is -2.34. The van der Waals surface area contributed by atoms with E-state index < -0.39 is 5.79 Å². The smallest absolute Gasteiger partial charge is 0.191 e. The van der Waals surface area contributed by atoms with Gasteiger partial charge in [0.05, 0.1) is 6.10 Å². The largest absolute Gasteiger partial charge is 0.349 e. The van der Waals surface area contributed by atoms with Gasteiger partial charge in [0.1, 0.15) is 0 Å². The molecule has 2 unspecified atom stereocenters. The molecular weight excluding hydrogens is 260 g/mol. The number of hydrogen-bond donors (Lipinski definition) is 0. The highest BCUT2D eigenvalue weighted by molar-refractivity contribution is 6.30. The Kier molecular flexibility index (Phi) is 4.81. The number of allylic oxidation sites excluding steroid dienone is 2. The Balaban J connectivity index is 2.19. The summed E-state index contributed by atoms with van der Waals surface area (Å²) in [6, 6.07) is 7.79. The second kappa shape index (κ2) is 6.38. The van der Waals surface area contributed by atoms with Gasteiger partial charge in [0.15, 0.2) is 5.79 Å². The molecule has 1 aromatic carbocycles. The predicted octanol–water partition coefficient (Wildman–Crippen LogP) is 4.67. The molecule has 0 N–H and O–H groups in total. The molecule has 0 radical (unpaired) electrons. The van der Waals surface area contributed by atoms with Crippen LogP contribution in [0.3, 0.4) is 0 Å². The molecule has 1 aliphatic carbocycles. The van der Waals surface area contributed by atoms with Crippen molar-refractivity contribution in [3.63, 3.8) is 0 Å². The lowest BCUT2D eigenvalue weighted by Crippen LogP contribution is -2.34.